The van der Waals surface area contributed by atoms with Crippen LogP contribution in [0.5, 0.6) is 0 Å². The lowest BCUT2D eigenvalue weighted by molar-refractivity contribution is 0.374. The Morgan fingerprint density at radius 2 is 2.00 bits per heavy atom. The number of hydrogen-bond donors (Lipinski definition) is 1. The molecule has 1 rings (SSSR count). The quantitative estimate of drug-likeness (QED) is 0.815. The molecule has 0 aromatic heterocycles. The van der Waals surface area contributed by atoms with Crippen LogP contribution in [0.15, 0.2) is 24.3 Å². The summed E-state index contributed by atoms with van der Waals surface area (Å²) < 4.78 is 0. The summed E-state index contributed by atoms with van der Waals surface area (Å²) in [5, 5.41) is 12.4. The van der Waals surface area contributed by atoms with E-state index in [-0.39, 0.29) is 5.54 Å². The Labute approximate surface area is 91.9 Å². The first-order chi connectivity index (χ1) is 7.09. The highest BCUT2D eigenvalue weighted by Crippen LogP contribution is 2.11. The van der Waals surface area contributed by atoms with E-state index in [0.717, 1.165) is 24.1 Å². The highest BCUT2D eigenvalue weighted by Gasteiger charge is 2.13. The van der Waals surface area contributed by atoms with Crippen molar-refractivity contribution in [1.82, 2.24) is 5.32 Å². The van der Waals surface area contributed by atoms with E-state index in [1.807, 2.05) is 24.3 Å². The van der Waals surface area contributed by atoms with Crippen LogP contribution < -0.4 is 5.32 Å². The van der Waals surface area contributed by atoms with Crippen molar-refractivity contribution in [1.29, 1.82) is 5.26 Å². The molecule has 0 heterocycles. The van der Waals surface area contributed by atoms with Crippen LogP contribution in [0.25, 0.3) is 0 Å². The third-order valence-corrected chi connectivity index (χ3v) is 2.78. The summed E-state index contributed by atoms with van der Waals surface area (Å²) in [5.41, 5.74) is 1.96. The molecule has 0 aliphatic heterocycles. The van der Waals surface area contributed by atoms with Crippen LogP contribution in [0.2, 0.25) is 0 Å². The van der Waals surface area contributed by atoms with Gasteiger partial charge in [0.15, 0.2) is 0 Å². The number of nitrogens with zero attached hydrogens (tertiary/aromatic N) is 1. The van der Waals surface area contributed by atoms with Gasteiger partial charge in [-0.15, -0.1) is 0 Å². The smallest absolute Gasteiger partial charge is 0.0995 e. The lowest BCUT2D eigenvalue weighted by Crippen LogP contribution is -2.37. The van der Waals surface area contributed by atoms with Gasteiger partial charge in [0, 0.05) is 12.1 Å². The zero-order valence-electron chi connectivity index (χ0n) is 9.67. The van der Waals surface area contributed by atoms with Crippen molar-refractivity contribution in [3.05, 3.63) is 35.4 Å². The molecule has 0 bridgehead atoms. The molecule has 0 unspecified atom stereocenters. The van der Waals surface area contributed by atoms with E-state index in [1.54, 1.807) is 0 Å². The molecule has 15 heavy (non-hydrogen) atoms. The third-order valence-electron chi connectivity index (χ3n) is 2.78. The molecule has 1 N–H and O–H groups in total. The summed E-state index contributed by atoms with van der Waals surface area (Å²) in [5.74, 6) is 0. The number of rotatable bonds is 4. The SMILES string of the molecule is CCC(C)(C)NCc1ccccc1C#N. The summed E-state index contributed by atoms with van der Waals surface area (Å²) in [6.07, 6.45) is 1.07. The van der Waals surface area contributed by atoms with Gasteiger partial charge in [-0.3, -0.25) is 0 Å². The number of hydrogen-bond acceptors (Lipinski definition) is 2. The van der Waals surface area contributed by atoms with E-state index in [1.165, 1.54) is 0 Å². The Balaban J connectivity index is 2.70. The lowest BCUT2D eigenvalue weighted by Gasteiger charge is -2.24. The van der Waals surface area contributed by atoms with Crippen LogP contribution in [-0.2, 0) is 6.54 Å². The van der Waals surface area contributed by atoms with Gasteiger partial charge in [0.1, 0.15) is 0 Å². The Hall–Kier alpha value is -1.33. The minimum Gasteiger partial charge on any atom is -0.308 e. The van der Waals surface area contributed by atoms with Gasteiger partial charge in [0.05, 0.1) is 11.6 Å². The molecule has 0 aliphatic carbocycles. The maximum atomic E-state index is 8.93. The average molecular weight is 202 g/mol. The molecule has 80 valence electrons. The molecule has 1 aromatic carbocycles. The van der Waals surface area contributed by atoms with Gasteiger partial charge in [-0.2, -0.15) is 5.26 Å². The van der Waals surface area contributed by atoms with Gasteiger partial charge in [-0.25, -0.2) is 0 Å². The Morgan fingerprint density at radius 1 is 1.33 bits per heavy atom. The van der Waals surface area contributed by atoms with E-state index in [4.69, 9.17) is 5.26 Å². The zero-order valence-corrected chi connectivity index (χ0v) is 9.67. The van der Waals surface area contributed by atoms with Crippen molar-refractivity contribution < 1.29 is 0 Å². The summed E-state index contributed by atoms with van der Waals surface area (Å²) in [6.45, 7) is 7.25. The van der Waals surface area contributed by atoms with Crippen LogP contribution in [0, 0.1) is 11.3 Å². The number of nitriles is 1. The third kappa shape index (κ3) is 3.38. The van der Waals surface area contributed by atoms with Gasteiger partial charge < -0.3 is 5.32 Å². The highest BCUT2D eigenvalue weighted by atomic mass is 14.9. The summed E-state index contributed by atoms with van der Waals surface area (Å²) in [6, 6.07) is 9.93. The maximum absolute atomic E-state index is 8.93. The van der Waals surface area contributed by atoms with Crippen LogP contribution >= 0.6 is 0 Å². The minimum absolute atomic E-state index is 0.128. The van der Waals surface area contributed by atoms with E-state index in [2.05, 4.69) is 32.2 Å². The molecular formula is C13H18N2. The fraction of sp³-hybridized carbons (Fsp3) is 0.462. The molecule has 0 amide bonds. The fourth-order valence-electron chi connectivity index (χ4n) is 1.24. The van der Waals surface area contributed by atoms with Crippen LogP contribution in [0.1, 0.15) is 38.3 Å². The second-order valence-electron chi connectivity index (χ2n) is 4.36. The van der Waals surface area contributed by atoms with Crippen molar-refractivity contribution in [3.8, 4) is 6.07 Å². The number of benzene rings is 1. The van der Waals surface area contributed by atoms with E-state index >= 15 is 0 Å². The van der Waals surface area contributed by atoms with Gasteiger partial charge in [-0.05, 0) is 31.9 Å². The second-order valence-corrected chi connectivity index (χ2v) is 4.36. The normalized spacial score (nSPS) is 11.1. The van der Waals surface area contributed by atoms with Crippen molar-refractivity contribution in [2.24, 2.45) is 0 Å². The van der Waals surface area contributed by atoms with Gasteiger partial charge >= 0.3 is 0 Å². The molecule has 0 spiro atoms. The summed E-state index contributed by atoms with van der Waals surface area (Å²) >= 11 is 0. The largest absolute Gasteiger partial charge is 0.308 e. The average Bonchev–Trinajstić information content (AvgIpc) is 2.27. The highest BCUT2D eigenvalue weighted by molar-refractivity contribution is 5.37. The zero-order chi connectivity index (χ0) is 11.3. The van der Waals surface area contributed by atoms with Gasteiger partial charge in [-0.1, -0.05) is 25.1 Å². The summed E-state index contributed by atoms with van der Waals surface area (Å²) in [7, 11) is 0. The van der Waals surface area contributed by atoms with E-state index in [0.29, 0.717) is 0 Å². The molecule has 0 aliphatic rings. The first kappa shape index (κ1) is 11.7. The fourth-order valence-corrected chi connectivity index (χ4v) is 1.24. The summed E-state index contributed by atoms with van der Waals surface area (Å²) in [4.78, 5) is 0. The van der Waals surface area contributed by atoms with Gasteiger partial charge in [0.2, 0.25) is 0 Å². The first-order valence-corrected chi connectivity index (χ1v) is 5.32. The Morgan fingerprint density at radius 3 is 2.60 bits per heavy atom. The minimum atomic E-state index is 0.128. The molecule has 0 saturated heterocycles. The maximum Gasteiger partial charge on any atom is 0.0995 e. The second kappa shape index (κ2) is 4.95. The first-order valence-electron chi connectivity index (χ1n) is 5.32. The molecule has 1 aromatic rings. The Bertz CT molecular complexity index is 361. The lowest BCUT2D eigenvalue weighted by atomic mass is 10.0. The predicted molar refractivity (Wildman–Crippen MR) is 62.4 cm³/mol. The molecule has 0 saturated carbocycles. The molecule has 0 atom stereocenters. The standard InChI is InChI=1S/C13H18N2/c1-4-13(2,3)15-10-12-8-6-5-7-11(12)9-14/h5-8,15H,4,10H2,1-3H3. The van der Waals surface area contributed by atoms with Gasteiger partial charge in [0.25, 0.3) is 0 Å². The monoisotopic (exact) mass is 202 g/mol. The van der Waals surface area contributed by atoms with Crippen molar-refractivity contribution in [2.75, 3.05) is 0 Å². The Kier molecular flexibility index (Phi) is 3.88. The molecular weight excluding hydrogens is 184 g/mol. The van der Waals surface area contributed by atoms with Crippen molar-refractivity contribution in [3.63, 3.8) is 0 Å². The molecule has 0 radical (unpaired) electrons. The molecule has 2 heteroatoms. The van der Waals surface area contributed by atoms with Crippen molar-refractivity contribution >= 4 is 0 Å². The van der Waals surface area contributed by atoms with Crippen LogP contribution in [0.4, 0.5) is 0 Å². The number of nitrogens with one attached hydrogen (secondary N) is 1. The molecule has 0 fully saturated rings. The molecule has 2 nitrogen and oxygen atoms in total. The van der Waals surface area contributed by atoms with E-state index in [9.17, 15) is 0 Å². The van der Waals surface area contributed by atoms with E-state index < -0.39 is 0 Å². The van der Waals surface area contributed by atoms with Crippen LogP contribution in [-0.4, -0.2) is 5.54 Å². The van der Waals surface area contributed by atoms with Crippen LogP contribution in [0.3, 0.4) is 0 Å². The topological polar surface area (TPSA) is 35.8 Å². The predicted octanol–water partition coefficient (Wildman–Crippen LogP) is 2.84. The van der Waals surface area contributed by atoms with Crippen molar-refractivity contribution in [2.45, 2.75) is 39.3 Å².